The van der Waals surface area contributed by atoms with Gasteiger partial charge in [0.05, 0.1) is 24.3 Å². The monoisotopic (exact) mass is 245 g/mol. The highest BCUT2D eigenvalue weighted by atomic mass is 16.4. The molecule has 2 rings (SSSR count). The van der Waals surface area contributed by atoms with Gasteiger partial charge < -0.3 is 9.52 Å². The Kier molecular flexibility index (Phi) is 3.52. The van der Waals surface area contributed by atoms with Gasteiger partial charge in [-0.1, -0.05) is 6.07 Å². The van der Waals surface area contributed by atoms with Crippen LogP contribution < -0.4 is 0 Å². The van der Waals surface area contributed by atoms with E-state index in [-0.39, 0.29) is 18.0 Å². The van der Waals surface area contributed by atoms with E-state index in [1.165, 1.54) is 18.5 Å². The van der Waals surface area contributed by atoms with Gasteiger partial charge in [0.25, 0.3) is 0 Å². The van der Waals surface area contributed by atoms with Gasteiger partial charge in [0.2, 0.25) is 5.78 Å². The molecule has 0 aromatic carbocycles. The second-order valence-electron chi connectivity index (χ2n) is 3.75. The summed E-state index contributed by atoms with van der Waals surface area (Å²) in [6.45, 7) is 0. The third-order valence-corrected chi connectivity index (χ3v) is 2.50. The summed E-state index contributed by atoms with van der Waals surface area (Å²) in [6, 6.07) is 8.16. The average molecular weight is 245 g/mol. The number of ketones is 1. The first-order chi connectivity index (χ1) is 8.68. The van der Waals surface area contributed by atoms with Crippen LogP contribution in [0.3, 0.4) is 0 Å². The lowest BCUT2D eigenvalue weighted by atomic mass is 9.94. The first kappa shape index (κ1) is 12.0. The van der Waals surface area contributed by atoms with Gasteiger partial charge in [0.15, 0.2) is 5.76 Å². The summed E-state index contributed by atoms with van der Waals surface area (Å²) in [5.74, 6) is -2.10. The quantitative estimate of drug-likeness (QED) is 0.816. The second-order valence-corrected chi connectivity index (χ2v) is 3.75. The van der Waals surface area contributed by atoms with Gasteiger partial charge in [-0.15, -0.1) is 0 Å². The van der Waals surface area contributed by atoms with Crippen LogP contribution in [-0.4, -0.2) is 21.8 Å². The Bertz CT molecular complexity index is 533. The molecule has 5 heteroatoms. The van der Waals surface area contributed by atoms with Crippen molar-refractivity contribution >= 4 is 11.8 Å². The predicted molar refractivity (Wildman–Crippen MR) is 62.3 cm³/mol. The van der Waals surface area contributed by atoms with Gasteiger partial charge in [-0.25, -0.2) is 0 Å². The summed E-state index contributed by atoms with van der Waals surface area (Å²) in [7, 11) is 0. The number of hydrogen-bond donors (Lipinski definition) is 1. The normalized spacial score (nSPS) is 12.0. The van der Waals surface area contributed by atoms with Gasteiger partial charge in [-0.3, -0.25) is 14.6 Å². The van der Waals surface area contributed by atoms with Crippen LogP contribution >= 0.6 is 0 Å². The van der Waals surface area contributed by atoms with Crippen molar-refractivity contribution < 1.29 is 19.1 Å². The molecule has 2 aromatic heterocycles. The molecule has 5 nitrogen and oxygen atoms in total. The summed E-state index contributed by atoms with van der Waals surface area (Å²) >= 11 is 0. The Morgan fingerprint density at radius 2 is 2.11 bits per heavy atom. The number of carbonyl (C=O) groups is 2. The topological polar surface area (TPSA) is 80.4 Å². The number of carboxylic acid groups (broad SMARTS) is 1. The lowest BCUT2D eigenvalue weighted by Gasteiger charge is -2.11. The van der Waals surface area contributed by atoms with Gasteiger partial charge >= 0.3 is 5.97 Å². The Hall–Kier alpha value is -2.43. The molecule has 92 valence electrons. The van der Waals surface area contributed by atoms with Crippen molar-refractivity contribution in [1.82, 2.24) is 4.98 Å². The third-order valence-electron chi connectivity index (χ3n) is 2.50. The lowest BCUT2D eigenvalue weighted by molar-refractivity contribution is -0.137. The molecule has 0 aliphatic rings. The number of pyridine rings is 1. The van der Waals surface area contributed by atoms with Crippen LogP contribution in [0.2, 0.25) is 0 Å². The van der Waals surface area contributed by atoms with Gasteiger partial charge in [-0.05, 0) is 24.3 Å². The van der Waals surface area contributed by atoms with Crippen LogP contribution in [0.4, 0.5) is 0 Å². The molecule has 0 radical (unpaired) electrons. The van der Waals surface area contributed by atoms with Crippen LogP contribution in [0.5, 0.6) is 0 Å². The highest BCUT2D eigenvalue weighted by Crippen LogP contribution is 2.23. The molecule has 0 aliphatic heterocycles. The van der Waals surface area contributed by atoms with E-state index in [4.69, 9.17) is 9.52 Å². The first-order valence-electron chi connectivity index (χ1n) is 5.39. The van der Waals surface area contributed by atoms with E-state index >= 15 is 0 Å². The minimum absolute atomic E-state index is 0.145. The minimum atomic E-state index is -1.05. The number of nitrogens with zero attached hydrogens (tertiary/aromatic N) is 1. The van der Waals surface area contributed by atoms with Crippen LogP contribution in [0.15, 0.2) is 47.2 Å². The molecule has 1 N–H and O–H groups in total. The molecule has 0 bridgehead atoms. The van der Waals surface area contributed by atoms with Crippen LogP contribution in [0.1, 0.15) is 28.6 Å². The molecule has 18 heavy (non-hydrogen) atoms. The smallest absolute Gasteiger partial charge is 0.304 e. The average Bonchev–Trinajstić information content (AvgIpc) is 2.90. The van der Waals surface area contributed by atoms with E-state index in [1.807, 2.05) is 0 Å². The van der Waals surface area contributed by atoms with Gasteiger partial charge in [0, 0.05) is 6.20 Å². The third kappa shape index (κ3) is 2.63. The van der Waals surface area contributed by atoms with Crippen LogP contribution in [0, 0.1) is 0 Å². The number of rotatable bonds is 5. The lowest BCUT2D eigenvalue weighted by Crippen LogP contribution is -2.17. The highest BCUT2D eigenvalue weighted by molar-refractivity contribution is 6.00. The fourth-order valence-electron chi connectivity index (χ4n) is 1.68. The Morgan fingerprint density at radius 3 is 2.67 bits per heavy atom. The maximum atomic E-state index is 12.1. The zero-order valence-corrected chi connectivity index (χ0v) is 9.45. The number of carbonyl (C=O) groups excluding carboxylic acids is 1. The van der Waals surface area contributed by atoms with Crippen molar-refractivity contribution in [2.75, 3.05) is 0 Å². The van der Waals surface area contributed by atoms with Crippen molar-refractivity contribution in [1.29, 1.82) is 0 Å². The van der Waals surface area contributed by atoms with Crippen LogP contribution in [0.25, 0.3) is 0 Å². The zero-order chi connectivity index (χ0) is 13.0. The zero-order valence-electron chi connectivity index (χ0n) is 9.45. The van der Waals surface area contributed by atoms with E-state index in [0.29, 0.717) is 5.69 Å². The summed E-state index contributed by atoms with van der Waals surface area (Å²) < 4.78 is 5.01. The fraction of sp³-hybridized carbons (Fsp3) is 0.154. The molecule has 0 saturated heterocycles. The summed E-state index contributed by atoms with van der Waals surface area (Å²) in [5.41, 5.74) is 0.432. The van der Waals surface area contributed by atoms with Gasteiger partial charge in [-0.2, -0.15) is 0 Å². The van der Waals surface area contributed by atoms with Crippen molar-refractivity contribution in [3.8, 4) is 0 Å². The molecule has 0 spiro atoms. The Balaban J connectivity index is 2.31. The molecule has 0 aliphatic carbocycles. The van der Waals surface area contributed by atoms with E-state index in [2.05, 4.69) is 4.98 Å². The number of carboxylic acids is 1. The predicted octanol–water partition coefficient (Wildman–Crippen LogP) is 2.12. The number of furan rings is 1. The molecule has 2 heterocycles. The molecule has 2 aromatic rings. The second kappa shape index (κ2) is 5.27. The van der Waals surface area contributed by atoms with E-state index < -0.39 is 11.9 Å². The first-order valence-corrected chi connectivity index (χ1v) is 5.39. The van der Waals surface area contributed by atoms with E-state index in [0.717, 1.165) is 0 Å². The molecule has 0 saturated carbocycles. The maximum absolute atomic E-state index is 12.1. The van der Waals surface area contributed by atoms with E-state index in [1.54, 1.807) is 24.3 Å². The van der Waals surface area contributed by atoms with Crippen molar-refractivity contribution in [2.45, 2.75) is 12.3 Å². The minimum Gasteiger partial charge on any atom is -0.481 e. The largest absolute Gasteiger partial charge is 0.481 e. The number of Topliss-reactive ketones (excluding diaryl/α,β-unsaturated/α-hetero) is 1. The van der Waals surface area contributed by atoms with Gasteiger partial charge in [0.1, 0.15) is 0 Å². The molecule has 0 amide bonds. The summed E-state index contributed by atoms with van der Waals surface area (Å²) in [6.07, 6.45) is 2.60. The Morgan fingerprint density at radius 1 is 1.28 bits per heavy atom. The summed E-state index contributed by atoms with van der Waals surface area (Å²) in [5, 5.41) is 8.88. The summed E-state index contributed by atoms with van der Waals surface area (Å²) in [4.78, 5) is 27.0. The SMILES string of the molecule is O=C(O)CC(C(=O)c1ccco1)c1ccccn1. The maximum Gasteiger partial charge on any atom is 0.304 e. The number of aromatic nitrogens is 1. The Labute approximate surface area is 103 Å². The fourth-order valence-corrected chi connectivity index (χ4v) is 1.68. The molecular formula is C13H11NO4. The number of aliphatic carboxylic acids is 1. The number of hydrogen-bond acceptors (Lipinski definition) is 4. The molecule has 1 atom stereocenters. The highest BCUT2D eigenvalue weighted by Gasteiger charge is 2.27. The van der Waals surface area contributed by atoms with Crippen molar-refractivity contribution in [3.05, 3.63) is 54.2 Å². The standard InChI is InChI=1S/C13H11NO4/c15-12(16)8-9(10-4-1-2-6-14-10)13(17)11-5-3-7-18-11/h1-7,9H,8H2,(H,15,16). The molecule has 0 fully saturated rings. The van der Waals surface area contributed by atoms with E-state index in [9.17, 15) is 9.59 Å². The molecular weight excluding hydrogens is 234 g/mol. The van der Waals surface area contributed by atoms with Crippen molar-refractivity contribution in [3.63, 3.8) is 0 Å². The van der Waals surface area contributed by atoms with Crippen LogP contribution in [-0.2, 0) is 4.79 Å². The molecule has 1 unspecified atom stereocenters. The van der Waals surface area contributed by atoms with Crippen molar-refractivity contribution in [2.24, 2.45) is 0 Å².